The van der Waals surface area contributed by atoms with Crippen LogP contribution in [0.25, 0.3) is 0 Å². The van der Waals surface area contributed by atoms with Crippen LogP contribution in [-0.2, 0) is 16.0 Å². The van der Waals surface area contributed by atoms with E-state index in [4.69, 9.17) is 0 Å². The molecule has 1 heterocycles. The molecule has 0 radical (unpaired) electrons. The van der Waals surface area contributed by atoms with Crippen LogP contribution in [0, 0.1) is 0 Å². The van der Waals surface area contributed by atoms with Crippen LogP contribution in [0.5, 0.6) is 5.75 Å². The van der Waals surface area contributed by atoms with E-state index in [-0.39, 0.29) is 18.1 Å². The molecule has 1 aliphatic rings. The number of phenolic OH excluding ortho intramolecular Hbond substituents is 1. The van der Waals surface area contributed by atoms with Gasteiger partial charge in [0.05, 0.1) is 0 Å². The number of carbonyl (C=O) groups excluding carboxylic acids is 1. The Morgan fingerprint density at radius 2 is 1.90 bits per heavy atom. The van der Waals surface area contributed by atoms with Crippen molar-refractivity contribution in [2.45, 2.75) is 19.4 Å². The van der Waals surface area contributed by atoms with Gasteiger partial charge in [-0.2, -0.15) is 0 Å². The molecule has 2 rings (SSSR count). The number of aliphatic carboxylic acids is 1. The predicted molar refractivity (Wildman–Crippen MR) is 76.9 cm³/mol. The summed E-state index contributed by atoms with van der Waals surface area (Å²) in [6, 6.07) is 5.26. The number of carboxylic acid groups (broad SMARTS) is 1. The molecule has 0 bridgehead atoms. The molecule has 1 saturated heterocycles. The molecular weight excluding hydrogens is 272 g/mol. The van der Waals surface area contributed by atoms with Crippen molar-refractivity contribution in [2.75, 3.05) is 13.1 Å². The van der Waals surface area contributed by atoms with Gasteiger partial charge in [-0.15, -0.1) is 0 Å². The van der Waals surface area contributed by atoms with E-state index in [0.29, 0.717) is 18.7 Å². The highest BCUT2D eigenvalue weighted by Crippen LogP contribution is 2.13. The Labute approximate surface area is 122 Å². The van der Waals surface area contributed by atoms with Crippen LogP contribution in [0.2, 0.25) is 0 Å². The molecule has 6 heteroatoms. The topological polar surface area (TPSA) is 98.7 Å². The summed E-state index contributed by atoms with van der Waals surface area (Å²) in [5, 5.41) is 24.0. The maximum atomic E-state index is 12.0. The second-order valence-electron chi connectivity index (χ2n) is 5.07. The minimum absolute atomic E-state index is 0.118. The van der Waals surface area contributed by atoms with Crippen LogP contribution in [0.4, 0.5) is 0 Å². The Morgan fingerprint density at radius 3 is 2.38 bits per heavy atom. The smallest absolute Gasteiger partial charge is 0.326 e. The summed E-state index contributed by atoms with van der Waals surface area (Å²) in [6.07, 6.45) is 0.169. The summed E-state index contributed by atoms with van der Waals surface area (Å²) < 4.78 is 0. The third-order valence-corrected chi connectivity index (χ3v) is 3.53. The van der Waals surface area contributed by atoms with Crippen molar-refractivity contribution in [2.24, 2.45) is 0 Å². The first-order valence-corrected chi connectivity index (χ1v) is 6.68. The molecule has 0 spiro atoms. The van der Waals surface area contributed by atoms with E-state index < -0.39 is 12.0 Å². The Bertz CT molecular complexity index is 572. The van der Waals surface area contributed by atoms with E-state index in [2.05, 4.69) is 10.6 Å². The van der Waals surface area contributed by atoms with Crippen LogP contribution in [-0.4, -0.2) is 41.2 Å². The standard InChI is InChI=1S/C15H18N2O4/c1-9(11-7-16-8-11)14(19)17-13(15(20)21)6-10-2-4-12(18)5-3-10/h2-5,13,16,18H,6-8H2,1H3,(H,17,19)(H,20,21). The number of carbonyl (C=O) groups is 2. The van der Waals surface area contributed by atoms with E-state index in [1.807, 2.05) is 0 Å². The molecule has 0 saturated carbocycles. The molecule has 0 aliphatic carbocycles. The van der Waals surface area contributed by atoms with Crippen molar-refractivity contribution in [3.63, 3.8) is 0 Å². The van der Waals surface area contributed by atoms with Crippen LogP contribution >= 0.6 is 0 Å². The van der Waals surface area contributed by atoms with E-state index in [1.165, 1.54) is 12.1 Å². The van der Waals surface area contributed by atoms with Gasteiger partial charge in [0.2, 0.25) is 5.91 Å². The van der Waals surface area contributed by atoms with Gasteiger partial charge in [-0.1, -0.05) is 12.1 Å². The molecular formula is C15H18N2O4. The average Bonchev–Trinajstić information content (AvgIpc) is 2.38. The summed E-state index contributed by atoms with van der Waals surface area (Å²) in [5.74, 6) is -1.31. The fourth-order valence-corrected chi connectivity index (χ4v) is 2.01. The Kier molecular flexibility index (Phi) is 4.59. The number of carboxylic acids is 1. The van der Waals surface area contributed by atoms with Gasteiger partial charge in [0.15, 0.2) is 0 Å². The van der Waals surface area contributed by atoms with E-state index in [1.54, 1.807) is 19.1 Å². The van der Waals surface area contributed by atoms with Crippen LogP contribution in [0.3, 0.4) is 0 Å². The van der Waals surface area contributed by atoms with E-state index in [9.17, 15) is 19.8 Å². The second kappa shape index (κ2) is 6.41. The van der Waals surface area contributed by atoms with Crippen LogP contribution in [0.1, 0.15) is 12.5 Å². The zero-order chi connectivity index (χ0) is 15.4. The molecule has 6 nitrogen and oxygen atoms in total. The largest absolute Gasteiger partial charge is 0.508 e. The van der Waals surface area contributed by atoms with Crippen molar-refractivity contribution in [3.05, 3.63) is 41.0 Å². The summed E-state index contributed by atoms with van der Waals surface area (Å²) in [7, 11) is 0. The minimum atomic E-state index is -1.08. The quantitative estimate of drug-likeness (QED) is 0.589. The lowest BCUT2D eigenvalue weighted by atomic mass is 10.0. The molecule has 1 aliphatic heterocycles. The highest BCUT2D eigenvalue weighted by Gasteiger charge is 2.23. The first-order valence-electron chi connectivity index (χ1n) is 6.68. The maximum Gasteiger partial charge on any atom is 0.326 e. The first-order chi connectivity index (χ1) is 9.97. The van der Waals surface area contributed by atoms with E-state index in [0.717, 1.165) is 11.1 Å². The average molecular weight is 290 g/mol. The fourth-order valence-electron chi connectivity index (χ4n) is 2.01. The number of aromatic hydroxyl groups is 1. The third-order valence-electron chi connectivity index (χ3n) is 3.53. The Hall–Kier alpha value is -2.34. The van der Waals surface area contributed by atoms with Gasteiger partial charge in [0, 0.05) is 25.1 Å². The van der Waals surface area contributed by atoms with Crippen LogP contribution < -0.4 is 10.6 Å². The first kappa shape index (κ1) is 15.1. The van der Waals surface area contributed by atoms with Gasteiger partial charge in [0.1, 0.15) is 11.8 Å². The highest BCUT2D eigenvalue weighted by molar-refractivity contribution is 5.96. The SMILES string of the molecule is CC(C(=O)NC(Cc1ccc(O)cc1)C(=O)O)=C1CNC1. The third kappa shape index (κ3) is 3.82. The van der Waals surface area contributed by atoms with Crippen molar-refractivity contribution in [1.29, 1.82) is 0 Å². The molecule has 21 heavy (non-hydrogen) atoms. The van der Waals surface area contributed by atoms with Crippen molar-refractivity contribution < 1.29 is 19.8 Å². The summed E-state index contributed by atoms with van der Waals surface area (Å²) in [6.45, 7) is 3.05. The van der Waals surface area contributed by atoms with Gasteiger partial charge in [-0.3, -0.25) is 4.79 Å². The monoisotopic (exact) mass is 290 g/mol. The van der Waals surface area contributed by atoms with E-state index >= 15 is 0 Å². The number of hydrogen-bond acceptors (Lipinski definition) is 4. The van der Waals surface area contributed by atoms with Gasteiger partial charge in [-0.05, 0) is 30.2 Å². The number of nitrogens with one attached hydrogen (secondary N) is 2. The summed E-state index contributed by atoms with van der Waals surface area (Å²) in [5.41, 5.74) is 2.31. The molecule has 1 aromatic carbocycles. The zero-order valence-electron chi connectivity index (χ0n) is 11.7. The fraction of sp³-hybridized carbons (Fsp3) is 0.333. The Morgan fingerprint density at radius 1 is 1.29 bits per heavy atom. The molecule has 1 unspecified atom stereocenters. The van der Waals surface area contributed by atoms with Crippen molar-refractivity contribution in [3.8, 4) is 5.75 Å². The minimum Gasteiger partial charge on any atom is -0.508 e. The highest BCUT2D eigenvalue weighted by atomic mass is 16.4. The number of hydrogen-bond donors (Lipinski definition) is 4. The van der Waals surface area contributed by atoms with Crippen LogP contribution in [0.15, 0.2) is 35.4 Å². The lowest BCUT2D eigenvalue weighted by Gasteiger charge is -2.22. The molecule has 1 aromatic rings. The van der Waals surface area contributed by atoms with Crippen molar-refractivity contribution >= 4 is 11.9 Å². The maximum absolute atomic E-state index is 12.0. The summed E-state index contributed by atoms with van der Waals surface area (Å²) in [4.78, 5) is 23.3. The lowest BCUT2D eigenvalue weighted by molar-refractivity contribution is -0.141. The summed E-state index contributed by atoms with van der Waals surface area (Å²) >= 11 is 0. The predicted octanol–water partition coefficient (Wildman–Crippen LogP) is 0.424. The zero-order valence-corrected chi connectivity index (χ0v) is 11.7. The Balaban J connectivity index is 2.04. The van der Waals surface area contributed by atoms with Gasteiger partial charge >= 0.3 is 5.97 Å². The molecule has 4 N–H and O–H groups in total. The van der Waals surface area contributed by atoms with Gasteiger partial charge in [0.25, 0.3) is 0 Å². The molecule has 1 atom stereocenters. The number of amides is 1. The number of benzene rings is 1. The molecule has 1 fully saturated rings. The normalized spacial score (nSPS) is 15.0. The molecule has 0 aromatic heterocycles. The number of rotatable bonds is 5. The lowest BCUT2D eigenvalue weighted by Crippen LogP contribution is -2.44. The van der Waals surface area contributed by atoms with Crippen molar-refractivity contribution in [1.82, 2.24) is 10.6 Å². The second-order valence-corrected chi connectivity index (χ2v) is 5.07. The van der Waals surface area contributed by atoms with Gasteiger partial charge < -0.3 is 20.8 Å². The molecule has 1 amide bonds. The molecule has 112 valence electrons. The van der Waals surface area contributed by atoms with Gasteiger partial charge in [-0.25, -0.2) is 4.79 Å². The number of phenols is 1.